The summed E-state index contributed by atoms with van der Waals surface area (Å²) in [5.41, 5.74) is 5.41. The van der Waals surface area contributed by atoms with Crippen LogP contribution >= 0.6 is 0 Å². The second-order valence-corrected chi connectivity index (χ2v) is 3.96. The SMILES string of the molecule is CCN(CCCCCCN)C(=O)N(C)C. The Bertz CT molecular complexity index is 171. The van der Waals surface area contributed by atoms with E-state index < -0.39 is 0 Å². The molecule has 0 rings (SSSR count). The topological polar surface area (TPSA) is 49.6 Å². The molecule has 0 bridgehead atoms. The zero-order chi connectivity index (χ0) is 11.7. The van der Waals surface area contributed by atoms with E-state index in [2.05, 4.69) is 0 Å². The maximum Gasteiger partial charge on any atom is 0.319 e. The lowest BCUT2D eigenvalue weighted by molar-refractivity contribution is 0.172. The number of nitrogens with zero attached hydrogens (tertiary/aromatic N) is 2. The van der Waals surface area contributed by atoms with Crippen molar-refractivity contribution in [1.82, 2.24) is 9.80 Å². The number of carbonyl (C=O) groups is 1. The van der Waals surface area contributed by atoms with Gasteiger partial charge >= 0.3 is 6.03 Å². The molecule has 2 N–H and O–H groups in total. The lowest BCUT2D eigenvalue weighted by atomic mass is 10.2. The van der Waals surface area contributed by atoms with E-state index >= 15 is 0 Å². The molecule has 0 saturated heterocycles. The third-order valence-electron chi connectivity index (χ3n) is 2.42. The van der Waals surface area contributed by atoms with Crippen molar-refractivity contribution in [2.24, 2.45) is 5.73 Å². The predicted octanol–water partition coefficient (Wildman–Crippen LogP) is 1.51. The molecular weight excluding hydrogens is 190 g/mol. The van der Waals surface area contributed by atoms with Gasteiger partial charge in [0, 0.05) is 27.2 Å². The Balaban J connectivity index is 3.66. The number of unbranched alkanes of at least 4 members (excludes halogenated alkanes) is 3. The number of carbonyl (C=O) groups excluding carboxylic acids is 1. The number of hydrogen-bond donors (Lipinski definition) is 1. The smallest absolute Gasteiger partial charge is 0.319 e. The van der Waals surface area contributed by atoms with Crippen LogP contribution in [-0.2, 0) is 0 Å². The Hall–Kier alpha value is -0.770. The average molecular weight is 215 g/mol. The predicted molar refractivity (Wildman–Crippen MR) is 63.9 cm³/mol. The second-order valence-electron chi connectivity index (χ2n) is 3.96. The molecule has 0 unspecified atom stereocenters. The van der Waals surface area contributed by atoms with E-state index in [1.54, 1.807) is 19.0 Å². The van der Waals surface area contributed by atoms with E-state index in [9.17, 15) is 4.79 Å². The number of urea groups is 1. The number of nitrogens with two attached hydrogens (primary N) is 1. The molecule has 0 heterocycles. The largest absolute Gasteiger partial charge is 0.331 e. The zero-order valence-electron chi connectivity index (χ0n) is 10.3. The Labute approximate surface area is 93.4 Å². The summed E-state index contributed by atoms with van der Waals surface area (Å²) in [5.74, 6) is 0. The Morgan fingerprint density at radius 3 is 2.20 bits per heavy atom. The van der Waals surface area contributed by atoms with Crippen molar-refractivity contribution in [2.45, 2.75) is 32.6 Å². The highest BCUT2D eigenvalue weighted by Gasteiger charge is 2.11. The second kappa shape index (κ2) is 8.53. The van der Waals surface area contributed by atoms with Crippen LogP contribution in [0.3, 0.4) is 0 Å². The molecule has 0 radical (unpaired) electrons. The van der Waals surface area contributed by atoms with Crippen molar-refractivity contribution in [2.75, 3.05) is 33.7 Å². The van der Waals surface area contributed by atoms with E-state index in [4.69, 9.17) is 5.73 Å². The molecule has 90 valence electrons. The molecule has 0 spiro atoms. The van der Waals surface area contributed by atoms with Crippen molar-refractivity contribution in [3.05, 3.63) is 0 Å². The van der Waals surface area contributed by atoms with Crippen LogP contribution in [0, 0.1) is 0 Å². The van der Waals surface area contributed by atoms with Gasteiger partial charge in [-0.15, -0.1) is 0 Å². The summed E-state index contributed by atoms with van der Waals surface area (Å²) in [5, 5.41) is 0. The van der Waals surface area contributed by atoms with Crippen LogP contribution in [0.2, 0.25) is 0 Å². The fourth-order valence-corrected chi connectivity index (χ4v) is 1.47. The summed E-state index contributed by atoms with van der Waals surface area (Å²) >= 11 is 0. The molecule has 2 amide bonds. The third-order valence-corrected chi connectivity index (χ3v) is 2.42. The first-order valence-electron chi connectivity index (χ1n) is 5.79. The van der Waals surface area contributed by atoms with E-state index in [0.717, 1.165) is 38.9 Å². The minimum atomic E-state index is 0.108. The van der Waals surface area contributed by atoms with Crippen molar-refractivity contribution in [3.63, 3.8) is 0 Å². The molecular formula is C11H25N3O. The lowest BCUT2D eigenvalue weighted by Crippen LogP contribution is -2.39. The highest BCUT2D eigenvalue weighted by Crippen LogP contribution is 2.02. The van der Waals surface area contributed by atoms with Crippen LogP contribution in [0.15, 0.2) is 0 Å². The first-order chi connectivity index (χ1) is 7.13. The molecule has 15 heavy (non-hydrogen) atoms. The van der Waals surface area contributed by atoms with Crippen LogP contribution in [0.5, 0.6) is 0 Å². The van der Waals surface area contributed by atoms with Gasteiger partial charge in [-0.1, -0.05) is 12.8 Å². The Morgan fingerprint density at radius 1 is 1.13 bits per heavy atom. The van der Waals surface area contributed by atoms with Gasteiger partial charge in [-0.2, -0.15) is 0 Å². The van der Waals surface area contributed by atoms with Gasteiger partial charge < -0.3 is 15.5 Å². The van der Waals surface area contributed by atoms with Crippen molar-refractivity contribution < 1.29 is 4.79 Å². The van der Waals surface area contributed by atoms with Crippen molar-refractivity contribution in [1.29, 1.82) is 0 Å². The van der Waals surface area contributed by atoms with Gasteiger partial charge in [0.25, 0.3) is 0 Å². The van der Waals surface area contributed by atoms with Gasteiger partial charge in [-0.25, -0.2) is 4.79 Å². The highest BCUT2D eigenvalue weighted by atomic mass is 16.2. The maximum atomic E-state index is 11.6. The van der Waals surface area contributed by atoms with Gasteiger partial charge in [0.15, 0.2) is 0 Å². The van der Waals surface area contributed by atoms with Crippen LogP contribution in [-0.4, -0.2) is 49.6 Å². The summed E-state index contributed by atoms with van der Waals surface area (Å²) in [6.07, 6.45) is 4.50. The van der Waals surface area contributed by atoms with E-state index in [1.165, 1.54) is 6.42 Å². The standard InChI is InChI=1S/C11H25N3O/c1-4-14(11(15)13(2)3)10-8-6-5-7-9-12/h4-10,12H2,1-3H3. The van der Waals surface area contributed by atoms with Crippen molar-refractivity contribution in [3.8, 4) is 0 Å². The molecule has 0 aliphatic carbocycles. The average Bonchev–Trinajstić information content (AvgIpc) is 2.22. The molecule has 0 atom stereocenters. The van der Waals surface area contributed by atoms with Crippen molar-refractivity contribution >= 4 is 6.03 Å². The Kier molecular flexibility index (Phi) is 8.09. The molecule has 0 saturated carbocycles. The molecule has 4 heteroatoms. The Morgan fingerprint density at radius 2 is 1.73 bits per heavy atom. The minimum Gasteiger partial charge on any atom is -0.331 e. The van der Waals surface area contributed by atoms with Crippen LogP contribution < -0.4 is 5.73 Å². The normalized spacial score (nSPS) is 10.1. The number of amides is 2. The summed E-state index contributed by atoms with van der Waals surface area (Å²) < 4.78 is 0. The van der Waals surface area contributed by atoms with Crippen LogP contribution in [0.4, 0.5) is 4.79 Å². The molecule has 0 aromatic heterocycles. The molecule has 0 fully saturated rings. The minimum absolute atomic E-state index is 0.108. The summed E-state index contributed by atoms with van der Waals surface area (Å²) in [7, 11) is 3.58. The first kappa shape index (κ1) is 14.2. The van der Waals surface area contributed by atoms with Crippen LogP contribution in [0.1, 0.15) is 32.6 Å². The zero-order valence-corrected chi connectivity index (χ0v) is 10.3. The molecule has 0 aliphatic heterocycles. The fourth-order valence-electron chi connectivity index (χ4n) is 1.47. The highest BCUT2D eigenvalue weighted by molar-refractivity contribution is 5.73. The number of rotatable bonds is 7. The fraction of sp³-hybridized carbons (Fsp3) is 0.909. The van der Waals surface area contributed by atoms with E-state index in [1.807, 2.05) is 11.8 Å². The molecule has 0 aliphatic rings. The van der Waals surface area contributed by atoms with Gasteiger partial charge in [-0.3, -0.25) is 0 Å². The maximum absolute atomic E-state index is 11.6. The molecule has 0 aromatic rings. The number of hydrogen-bond acceptors (Lipinski definition) is 2. The van der Waals surface area contributed by atoms with E-state index in [-0.39, 0.29) is 6.03 Å². The first-order valence-corrected chi connectivity index (χ1v) is 5.79. The van der Waals surface area contributed by atoms with Gasteiger partial charge in [-0.05, 0) is 26.3 Å². The third kappa shape index (κ3) is 6.33. The van der Waals surface area contributed by atoms with E-state index in [0.29, 0.717) is 0 Å². The monoisotopic (exact) mass is 215 g/mol. The van der Waals surface area contributed by atoms with Gasteiger partial charge in [0.2, 0.25) is 0 Å². The summed E-state index contributed by atoms with van der Waals surface area (Å²) in [6.45, 7) is 4.43. The summed E-state index contributed by atoms with van der Waals surface area (Å²) in [6, 6.07) is 0.108. The molecule has 0 aromatic carbocycles. The van der Waals surface area contributed by atoms with Gasteiger partial charge in [0.1, 0.15) is 0 Å². The van der Waals surface area contributed by atoms with Crippen LogP contribution in [0.25, 0.3) is 0 Å². The van der Waals surface area contributed by atoms with Gasteiger partial charge in [0.05, 0.1) is 0 Å². The molecule has 4 nitrogen and oxygen atoms in total. The lowest BCUT2D eigenvalue weighted by Gasteiger charge is -2.24. The quantitative estimate of drug-likeness (QED) is 0.654. The summed E-state index contributed by atoms with van der Waals surface area (Å²) in [4.78, 5) is 15.1.